The highest BCUT2D eigenvalue weighted by Crippen LogP contribution is 2.38. The first-order valence-electron chi connectivity index (χ1n) is 6.20. The Kier molecular flexibility index (Phi) is 2.15. The van der Waals surface area contributed by atoms with Crippen LogP contribution in [0.3, 0.4) is 0 Å². The van der Waals surface area contributed by atoms with Gasteiger partial charge in [0.25, 0.3) is 5.56 Å². The number of nitrogens with one attached hydrogen (secondary N) is 1. The van der Waals surface area contributed by atoms with E-state index < -0.39 is 0 Å². The van der Waals surface area contributed by atoms with Gasteiger partial charge >= 0.3 is 0 Å². The number of aromatic nitrogens is 3. The molecule has 1 N–H and O–H groups in total. The molecular weight excluding hydrogens is 214 g/mol. The van der Waals surface area contributed by atoms with Crippen molar-refractivity contribution in [1.29, 1.82) is 0 Å². The molecule has 0 aromatic carbocycles. The third-order valence-electron chi connectivity index (χ3n) is 3.44. The van der Waals surface area contributed by atoms with Crippen molar-refractivity contribution in [1.82, 2.24) is 14.6 Å². The lowest BCUT2D eigenvalue weighted by Crippen LogP contribution is -2.21. The Labute approximate surface area is 99.7 Å². The van der Waals surface area contributed by atoms with Crippen molar-refractivity contribution in [2.45, 2.75) is 45.4 Å². The zero-order valence-electron chi connectivity index (χ0n) is 10.4. The summed E-state index contributed by atoms with van der Waals surface area (Å²) in [6.45, 7) is 6.09. The number of rotatable bonds is 2. The van der Waals surface area contributed by atoms with Crippen molar-refractivity contribution in [3.05, 3.63) is 33.4 Å². The van der Waals surface area contributed by atoms with Gasteiger partial charge in [-0.1, -0.05) is 13.8 Å². The Bertz CT molecular complexity index is 632. The third kappa shape index (κ3) is 1.59. The van der Waals surface area contributed by atoms with E-state index in [0.717, 1.165) is 22.6 Å². The second kappa shape index (κ2) is 3.45. The van der Waals surface area contributed by atoms with E-state index in [0.29, 0.717) is 5.92 Å². The summed E-state index contributed by atoms with van der Waals surface area (Å²) in [6.07, 6.45) is 2.37. The van der Waals surface area contributed by atoms with Crippen molar-refractivity contribution in [2.75, 3.05) is 0 Å². The van der Waals surface area contributed by atoms with Gasteiger partial charge in [-0.3, -0.25) is 9.89 Å². The zero-order valence-corrected chi connectivity index (χ0v) is 10.4. The molecule has 0 radical (unpaired) electrons. The zero-order chi connectivity index (χ0) is 12.2. The lowest BCUT2D eigenvalue weighted by Gasteiger charge is -2.08. The molecule has 2 heterocycles. The van der Waals surface area contributed by atoms with Gasteiger partial charge in [-0.15, -0.1) is 0 Å². The van der Waals surface area contributed by atoms with E-state index in [9.17, 15) is 4.79 Å². The van der Waals surface area contributed by atoms with Gasteiger partial charge in [0.05, 0.1) is 0 Å². The van der Waals surface area contributed by atoms with E-state index in [1.807, 2.05) is 26.8 Å². The molecule has 1 saturated carbocycles. The van der Waals surface area contributed by atoms with E-state index in [4.69, 9.17) is 0 Å². The van der Waals surface area contributed by atoms with Crippen LogP contribution in [-0.2, 0) is 0 Å². The number of hydrogen-bond donors (Lipinski definition) is 1. The van der Waals surface area contributed by atoms with Crippen LogP contribution in [0.25, 0.3) is 5.65 Å². The van der Waals surface area contributed by atoms with Gasteiger partial charge in [0, 0.05) is 11.5 Å². The Balaban J connectivity index is 2.28. The molecular formula is C13H17N3O. The molecule has 4 nitrogen and oxygen atoms in total. The molecule has 0 atom stereocenters. The van der Waals surface area contributed by atoms with Crippen molar-refractivity contribution in [2.24, 2.45) is 0 Å². The average Bonchev–Trinajstić information content (AvgIpc) is 2.99. The Morgan fingerprint density at radius 1 is 1.47 bits per heavy atom. The summed E-state index contributed by atoms with van der Waals surface area (Å²) in [4.78, 5) is 16.8. The molecule has 3 rings (SSSR count). The predicted molar refractivity (Wildman–Crippen MR) is 66.6 cm³/mol. The fraction of sp³-hybridized carbons (Fsp3) is 0.538. The Morgan fingerprint density at radius 3 is 2.76 bits per heavy atom. The molecule has 90 valence electrons. The quantitative estimate of drug-likeness (QED) is 0.862. The van der Waals surface area contributed by atoms with Gasteiger partial charge in [-0.05, 0) is 37.3 Å². The first-order chi connectivity index (χ1) is 8.08. The summed E-state index contributed by atoms with van der Waals surface area (Å²) in [7, 11) is 0. The van der Waals surface area contributed by atoms with Gasteiger partial charge in [0.15, 0.2) is 5.65 Å². The third-order valence-corrected chi connectivity index (χ3v) is 3.44. The van der Waals surface area contributed by atoms with E-state index in [1.165, 1.54) is 12.8 Å². The van der Waals surface area contributed by atoms with Crippen LogP contribution >= 0.6 is 0 Å². The molecule has 1 fully saturated rings. The molecule has 2 aromatic heterocycles. The number of aromatic amines is 1. The first kappa shape index (κ1) is 10.6. The fourth-order valence-electron chi connectivity index (χ4n) is 2.42. The molecule has 1 aliphatic carbocycles. The molecule has 0 bridgehead atoms. The summed E-state index contributed by atoms with van der Waals surface area (Å²) >= 11 is 0. The minimum atomic E-state index is 0.0504. The summed E-state index contributed by atoms with van der Waals surface area (Å²) < 4.78 is 1.59. The standard InChI is InChI=1S/C13H17N3O/c1-7(2)11-8(3)6-10-14-12(9-4-5-9)15-16(10)13(11)17/h6-7,9H,4-5H2,1-3H3,(H,14,15). The van der Waals surface area contributed by atoms with Crippen molar-refractivity contribution >= 4 is 5.65 Å². The molecule has 0 aliphatic heterocycles. The van der Waals surface area contributed by atoms with Crippen LogP contribution in [0.2, 0.25) is 0 Å². The maximum atomic E-state index is 12.3. The molecule has 0 spiro atoms. The van der Waals surface area contributed by atoms with Crippen molar-refractivity contribution in [3.8, 4) is 0 Å². The van der Waals surface area contributed by atoms with Crippen LogP contribution in [0, 0.1) is 6.92 Å². The second-order valence-electron chi connectivity index (χ2n) is 5.28. The normalized spacial score (nSPS) is 16.0. The van der Waals surface area contributed by atoms with Gasteiger partial charge in [-0.2, -0.15) is 4.52 Å². The summed E-state index contributed by atoms with van der Waals surface area (Å²) in [5, 5.41) is 3.14. The number of aryl methyl sites for hydroxylation is 1. The van der Waals surface area contributed by atoms with Crippen LogP contribution in [0.1, 0.15) is 55.5 Å². The smallest absolute Gasteiger partial charge is 0.274 e. The second-order valence-corrected chi connectivity index (χ2v) is 5.28. The molecule has 1 aliphatic rings. The Hall–Kier alpha value is -1.58. The molecule has 2 aromatic rings. The Morgan fingerprint density at radius 2 is 2.18 bits per heavy atom. The minimum absolute atomic E-state index is 0.0504. The molecule has 0 amide bonds. The van der Waals surface area contributed by atoms with Gasteiger partial charge in [0.1, 0.15) is 5.82 Å². The van der Waals surface area contributed by atoms with Gasteiger partial charge in [0.2, 0.25) is 0 Å². The number of fused-ring (bicyclic) bond motifs is 1. The van der Waals surface area contributed by atoms with Gasteiger partial charge in [-0.25, -0.2) is 4.98 Å². The maximum absolute atomic E-state index is 12.3. The first-order valence-corrected chi connectivity index (χ1v) is 6.20. The van der Waals surface area contributed by atoms with Crippen LogP contribution in [0.15, 0.2) is 10.9 Å². The maximum Gasteiger partial charge on any atom is 0.274 e. The lowest BCUT2D eigenvalue weighted by atomic mass is 10.0. The minimum Gasteiger partial charge on any atom is -0.276 e. The number of pyridine rings is 1. The fourth-order valence-corrected chi connectivity index (χ4v) is 2.42. The van der Waals surface area contributed by atoms with E-state index in [-0.39, 0.29) is 11.5 Å². The predicted octanol–water partition coefficient (Wildman–Crippen LogP) is 2.33. The van der Waals surface area contributed by atoms with Crippen LogP contribution in [0.5, 0.6) is 0 Å². The molecule has 0 saturated heterocycles. The van der Waals surface area contributed by atoms with Gasteiger partial charge < -0.3 is 0 Å². The van der Waals surface area contributed by atoms with E-state index in [1.54, 1.807) is 4.52 Å². The van der Waals surface area contributed by atoms with Crippen LogP contribution in [-0.4, -0.2) is 14.6 Å². The van der Waals surface area contributed by atoms with Crippen LogP contribution < -0.4 is 5.56 Å². The number of H-pyrrole nitrogens is 1. The number of hydrogen-bond acceptors (Lipinski definition) is 2. The van der Waals surface area contributed by atoms with E-state index in [2.05, 4.69) is 10.1 Å². The molecule has 0 unspecified atom stereocenters. The lowest BCUT2D eigenvalue weighted by molar-refractivity contribution is 0.788. The average molecular weight is 231 g/mol. The molecule has 4 heteroatoms. The highest BCUT2D eigenvalue weighted by molar-refractivity contribution is 5.44. The SMILES string of the molecule is Cc1cc2nc(C3CC3)[nH]n2c(=O)c1C(C)C. The van der Waals surface area contributed by atoms with E-state index >= 15 is 0 Å². The van der Waals surface area contributed by atoms with Crippen LogP contribution in [0.4, 0.5) is 0 Å². The monoisotopic (exact) mass is 231 g/mol. The summed E-state index contributed by atoms with van der Waals surface area (Å²) in [5.41, 5.74) is 2.72. The summed E-state index contributed by atoms with van der Waals surface area (Å²) in [5.74, 6) is 1.74. The number of nitrogens with zero attached hydrogens (tertiary/aromatic N) is 2. The topological polar surface area (TPSA) is 50.2 Å². The largest absolute Gasteiger partial charge is 0.276 e. The van der Waals surface area contributed by atoms with Crippen molar-refractivity contribution < 1.29 is 0 Å². The van der Waals surface area contributed by atoms with Crippen molar-refractivity contribution in [3.63, 3.8) is 0 Å². The molecule has 17 heavy (non-hydrogen) atoms. The highest BCUT2D eigenvalue weighted by Gasteiger charge is 2.27. The summed E-state index contributed by atoms with van der Waals surface area (Å²) in [6, 6.07) is 2.00. The highest BCUT2D eigenvalue weighted by atomic mass is 16.1.